The summed E-state index contributed by atoms with van der Waals surface area (Å²) in [6.07, 6.45) is 5.81. The zero-order valence-electron chi connectivity index (χ0n) is 10.6. The summed E-state index contributed by atoms with van der Waals surface area (Å²) >= 11 is 1.21. The number of rotatable bonds is 4. The molecule has 0 aromatic carbocycles. The molecule has 2 heterocycles. The molecule has 5 rings (SSSR count). The van der Waals surface area contributed by atoms with Gasteiger partial charge in [0.1, 0.15) is 0 Å². The van der Waals surface area contributed by atoms with Crippen LogP contribution < -0.4 is 7.06 Å². The Balaban J connectivity index is 1.38. The summed E-state index contributed by atoms with van der Waals surface area (Å²) in [7, 11) is 0. The minimum absolute atomic E-state index is 0.0105. The second-order valence-electron chi connectivity index (χ2n) is 6.22. The summed E-state index contributed by atoms with van der Waals surface area (Å²) in [6.45, 7) is 2.18. The van der Waals surface area contributed by atoms with Crippen molar-refractivity contribution in [1.82, 2.24) is 7.06 Å². The summed E-state index contributed by atoms with van der Waals surface area (Å²) in [6, 6.07) is 0. The Hall–Kier alpha value is 0.590. The van der Waals surface area contributed by atoms with Crippen LogP contribution in [0.2, 0.25) is 0 Å². The number of fused-ring (bicyclic) bond motifs is 6. The number of allylic oxidation sites excluding steroid dienone is 1. The quantitative estimate of drug-likeness (QED) is 0.122. The first kappa shape index (κ1) is 12.2. The number of alkyl halides is 2. The van der Waals surface area contributed by atoms with Gasteiger partial charge in [0.15, 0.2) is 0 Å². The number of hydrogen-bond donors (Lipinski definition) is 2. The van der Waals surface area contributed by atoms with E-state index in [9.17, 15) is 4.79 Å². The number of hydrogen-bond acceptors (Lipinski definition) is 4. The third-order valence-corrected chi connectivity index (χ3v) is 12.9. The molecule has 0 spiro atoms. The first-order valence-electron chi connectivity index (χ1n) is 6.95. The molecule has 0 radical (unpaired) electrons. The molecule has 2 bridgehead atoms. The molecule has 2 aliphatic heterocycles. The van der Waals surface area contributed by atoms with E-state index >= 15 is 0 Å². The van der Waals surface area contributed by atoms with E-state index in [2.05, 4.69) is 42.7 Å². The van der Waals surface area contributed by atoms with E-state index in [1.54, 1.807) is 5.57 Å². The molecule has 5 aliphatic rings. The first-order chi connectivity index (χ1) is 9.12. The third kappa shape index (κ3) is 1.27. The van der Waals surface area contributed by atoms with E-state index < -0.39 is 20.4 Å². The second-order valence-corrected chi connectivity index (χ2v) is 11.9. The summed E-state index contributed by atoms with van der Waals surface area (Å²) in [5.41, 5.74) is 1.46. The van der Waals surface area contributed by atoms with Gasteiger partial charge in [0.25, 0.3) is 0 Å². The number of halogens is 2. The first-order valence-corrected chi connectivity index (χ1v) is 11.4. The van der Waals surface area contributed by atoms with Crippen molar-refractivity contribution in [2.24, 2.45) is 17.8 Å². The molecule has 2 N–H and O–H groups in total. The van der Waals surface area contributed by atoms with E-state index in [0.29, 0.717) is 11.8 Å². The van der Waals surface area contributed by atoms with Crippen molar-refractivity contribution in [3.8, 4) is 0 Å². The zero-order valence-corrected chi connectivity index (χ0v) is 14.9. The standard InChI is InChI=1S/C13H16I2N2O2/c1-2-12(8-5-9(12)7-4-3-6(7)8)19-11(18)10(14)13-15(16-13)17-13/h3,7-10,16-17H,2,4-5H2,1H3. The van der Waals surface area contributed by atoms with Crippen molar-refractivity contribution in [2.45, 2.75) is 39.4 Å². The molecule has 19 heavy (non-hydrogen) atoms. The summed E-state index contributed by atoms with van der Waals surface area (Å²) in [5, 5.41) is 0. The van der Waals surface area contributed by atoms with Crippen LogP contribution in [0.1, 0.15) is 26.2 Å². The predicted molar refractivity (Wildman–Crippen MR) is 87.7 cm³/mol. The van der Waals surface area contributed by atoms with Crippen molar-refractivity contribution in [3.05, 3.63) is 11.6 Å². The minimum atomic E-state index is -1.05. The number of nitrogens with one attached hydrogen (secondary N) is 2. The molecular weight excluding hydrogens is 470 g/mol. The molecule has 0 amide bonds. The molecule has 104 valence electrons. The SMILES string of the molecule is CCC1(OC(=O)C(I)C23NI2N3)C2CC1C1CC=C12. The number of esters is 1. The molecule has 4 nitrogen and oxygen atoms in total. The fourth-order valence-corrected chi connectivity index (χ4v) is 11.8. The molecule has 4 fully saturated rings. The van der Waals surface area contributed by atoms with Gasteiger partial charge in [-0.05, 0) is 0 Å². The normalized spacial score (nSPS) is 49.1. The van der Waals surface area contributed by atoms with Crippen LogP contribution in [0.5, 0.6) is 0 Å². The Morgan fingerprint density at radius 2 is 2.42 bits per heavy atom. The summed E-state index contributed by atoms with van der Waals surface area (Å²) in [4.78, 5) is 12.5. The molecule has 6 heteroatoms. The van der Waals surface area contributed by atoms with Crippen molar-refractivity contribution < 1.29 is 9.53 Å². The maximum atomic E-state index is 12.5. The van der Waals surface area contributed by atoms with Crippen molar-refractivity contribution in [2.75, 3.05) is 0 Å². The van der Waals surface area contributed by atoms with Gasteiger partial charge < -0.3 is 0 Å². The fraction of sp³-hybridized carbons (Fsp3) is 0.769. The van der Waals surface area contributed by atoms with Gasteiger partial charge in [-0.25, -0.2) is 0 Å². The van der Waals surface area contributed by atoms with Gasteiger partial charge in [-0.15, -0.1) is 0 Å². The molecule has 3 aliphatic carbocycles. The molecule has 2 saturated heterocycles. The number of carbonyl (C=O) groups excluding carboxylic acids is 1. The predicted octanol–water partition coefficient (Wildman–Crippen LogP) is 2.27. The van der Waals surface area contributed by atoms with Crippen LogP contribution in [-0.2, 0) is 9.53 Å². The van der Waals surface area contributed by atoms with E-state index in [0.717, 1.165) is 12.3 Å². The van der Waals surface area contributed by atoms with Gasteiger partial charge in [0, 0.05) is 0 Å². The van der Waals surface area contributed by atoms with Crippen LogP contribution in [-0.4, -0.2) is 19.2 Å². The average molecular weight is 486 g/mol. The molecule has 0 aromatic heterocycles. The van der Waals surface area contributed by atoms with Crippen LogP contribution in [0.3, 0.4) is 0 Å². The van der Waals surface area contributed by atoms with Gasteiger partial charge >= 0.3 is 134 Å². The molecule has 2 saturated carbocycles. The number of ether oxygens (including phenoxy) is 1. The summed E-state index contributed by atoms with van der Waals surface area (Å²) < 4.78 is 13.0. The van der Waals surface area contributed by atoms with Gasteiger partial charge in [-0.1, -0.05) is 0 Å². The topological polar surface area (TPSA) is 70.2 Å². The van der Waals surface area contributed by atoms with Crippen molar-refractivity contribution in [1.29, 1.82) is 0 Å². The molecular formula is C13H16I2N2O2. The van der Waals surface area contributed by atoms with E-state index in [-0.39, 0.29) is 19.2 Å². The monoisotopic (exact) mass is 486 g/mol. The van der Waals surface area contributed by atoms with Gasteiger partial charge in [-0.2, -0.15) is 0 Å². The van der Waals surface area contributed by atoms with E-state index in [1.165, 1.54) is 12.8 Å². The van der Waals surface area contributed by atoms with Crippen molar-refractivity contribution in [3.63, 3.8) is 0 Å². The molecule has 5 atom stereocenters. The van der Waals surface area contributed by atoms with Crippen LogP contribution in [0.25, 0.3) is 0 Å². The van der Waals surface area contributed by atoms with Crippen LogP contribution >= 0.6 is 43.0 Å². The van der Waals surface area contributed by atoms with Gasteiger partial charge in [0.2, 0.25) is 0 Å². The molecule has 0 aromatic rings. The van der Waals surface area contributed by atoms with Gasteiger partial charge in [-0.3, -0.25) is 0 Å². The van der Waals surface area contributed by atoms with Gasteiger partial charge in [0.05, 0.1) is 0 Å². The zero-order chi connectivity index (χ0) is 13.0. The Morgan fingerprint density at radius 1 is 1.68 bits per heavy atom. The Kier molecular flexibility index (Phi) is 2.24. The Morgan fingerprint density at radius 3 is 2.84 bits per heavy atom. The summed E-state index contributed by atoms with van der Waals surface area (Å²) in [5.74, 6) is 1.91. The molecule has 5 unspecified atom stereocenters. The number of carbonyl (C=O) groups is 1. The maximum absolute atomic E-state index is 12.5. The van der Waals surface area contributed by atoms with Crippen LogP contribution in [0.4, 0.5) is 0 Å². The Bertz CT molecular complexity index is 531. The van der Waals surface area contributed by atoms with E-state index in [4.69, 9.17) is 4.74 Å². The third-order valence-electron chi connectivity index (χ3n) is 5.72. The Labute approximate surface area is 133 Å². The average Bonchev–Trinajstić information content (AvgIpc) is 3.17. The van der Waals surface area contributed by atoms with E-state index in [1.807, 2.05) is 0 Å². The second kappa shape index (κ2) is 3.49. The fourth-order valence-electron chi connectivity index (χ4n) is 4.42. The van der Waals surface area contributed by atoms with Crippen LogP contribution in [0.15, 0.2) is 11.6 Å². The van der Waals surface area contributed by atoms with Crippen LogP contribution in [0, 0.1) is 17.8 Å². The van der Waals surface area contributed by atoms with Crippen molar-refractivity contribution >= 4 is 48.9 Å².